The lowest BCUT2D eigenvalue weighted by atomic mass is 9.66. The summed E-state index contributed by atoms with van der Waals surface area (Å²) in [5.74, 6) is 0.304. The fourth-order valence-electron chi connectivity index (χ4n) is 4.65. The predicted octanol–water partition coefficient (Wildman–Crippen LogP) is 5.93. The van der Waals surface area contributed by atoms with E-state index in [0.717, 1.165) is 19.0 Å². The topological polar surface area (TPSA) is 61.4 Å². The number of rotatable bonds is 6. The van der Waals surface area contributed by atoms with E-state index in [0.29, 0.717) is 17.5 Å². The van der Waals surface area contributed by atoms with Crippen molar-refractivity contribution in [1.29, 1.82) is 0 Å². The summed E-state index contributed by atoms with van der Waals surface area (Å²) in [6, 6.07) is 5.55. The molecule has 0 unspecified atom stereocenters. The van der Waals surface area contributed by atoms with Gasteiger partial charge in [0.15, 0.2) is 0 Å². The second kappa shape index (κ2) is 12.1. The Balaban J connectivity index is 0.000000263. The molecule has 2 saturated carbocycles. The van der Waals surface area contributed by atoms with Crippen molar-refractivity contribution in [1.82, 2.24) is 10.2 Å². The van der Waals surface area contributed by atoms with Gasteiger partial charge in [-0.3, -0.25) is 14.5 Å². The lowest BCUT2D eigenvalue weighted by molar-refractivity contribution is -0.171. The Labute approximate surface area is 203 Å². The zero-order chi connectivity index (χ0) is 26.3. The molecule has 1 aromatic rings. The molecule has 4 rings (SSSR count). The van der Waals surface area contributed by atoms with Crippen molar-refractivity contribution in [2.75, 3.05) is 25.0 Å². The highest BCUT2D eigenvalue weighted by Crippen LogP contribution is 2.49. The maximum Gasteiger partial charge on any atom is 0.411 e. The average Bonchev–Trinajstić information content (AvgIpc) is 3.57. The summed E-state index contributed by atoms with van der Waals surface area (Å²) in [5, 5.41) is 4.49. The molecule has 198 valence electrons. The zero-order valence-corrected chi connectivity index (χ0v) is 20.6. The van der Waals surface area contributed by atoms with Crippen LogP contribution in [0.3, 0.4) is 0 Å². The Morgan fingerprint density at radius 1 is 1.14 bits per heavy atom. The number of anilines is 1. The Bertz CT molecular complexity index is 827. The SMILES string of the molecule is CC.CC1CCC2(CC1)CN(CC(=O)NC1(C(F)(F)F)CC1)C2.O=CNc1cccc(C(F)F)c1. The highest BCUT2D eigenvalue weighted by Gasteiger charge is 2.64. The summed E-state index contributed by atoms with van der Waals surface area (Å²) in [7, 11) is 0. The van der Waals surface area contributed by atoms with Crippen molar-refractivity contribution in [2.45, 2.75) is 77.4 Å². The molecular formula is C25H36F5N3O2. The van der Waals surface area contributed by atoms with Gasteiger partial charge in [-0.15, -0.1) is 0 Å². The summed E-state index contributed by atoms with van der Waals surface area (Å²) in [6.45, 7) is 8.11. The van der Waals surface area contributed by atoms with E-state index in [1.165, 1.54) is 43.9 Å². The van der Waals surface area contributed by atoms with Crippen molar-refractivity contribution < 1.29 is 31.5 Å². The quantitative estimate of drug-likeness (QED) is 0.372. The highest BCUT2D eigenvalue weighted by atomic mass is 19.4. The van der Waals surface area contributed by atoms with Gasteiger partial charge >= 0.3 is 6.18 Å². The number of amides is 2. The number of carbonyl (C=O) groups is 2. The minimum atomic E-state index is -4.32. The summed E-state index contributed by atoms with van der Waals surface area (Å²) in [6.07, 6.45) is -1.48. The molecule has 0 aromatic heterocycles. The summed E-state index contributed by atoms with van der Waals surface area (Å²) in [5.41, 5.74) is -1.30. The first-order valence-corrected chi connectivity index (χ1v) is 12.2. The van der Waals surface area contributed by atoms with Crippen molar-refractivity contribution in [2.24, 2.45) is 11.3 Å². The standard InChI is InChI=1S/C15H23F3N2O.C8H7F2NO.C2H6/c1-11-2-4-13(5-3-11)9-20(10-13)8-12(21)19-14(6-7-14)15(16,17)18;9-8(10)6-2-1-3-7(4-6)11-5-12;1-2/h11H,2-10H2,1H3,(H,19,21);1-5,8H,(H,11,12);1-2H3. The minimum absolute atomic E-state index is 0.0179. The highest BCUT2D eigenvalue weighted by molar-refractivity contribution is 5.79. The molecule has 1 spiro atoms. The van der Waals surface area contributed by atoms with Gasteiger partial charge in [-0.2, -0.15) is 13.2 Å². The zero-order valence-electron chi connectivity index (χ0n) is 20.6. The van der Waals surface area contributed by atoms with Gasteiger partial charge in [0.2, 0.25) is 12.3 Å². The summed E-state index contributed by atoms with van der Waals surface area (Å²) < 4.78 is 62.5. The van der Waals surface area contributed by atoms with Crippen LogP contribution in [0.25, 0.3) is 0 Å². The van der Waals surface area contributed by atoms with Gasteiger partial charge in [-0.05, 0) is 49.1 Å². The Morgan fingerprint density at radius 3 is 2.23 bits per heavy atom. The van der Waals surface area contributed by atoms with E-state index in [-0.39, 0.29) is 24.9 Å². The lowest BCUT2D eigenvalue weighted by Crippen LogP contribution is -2.60. The maximum absolute atomic E-state index is 12.8. The van der Waals surface area contributed by atoms with Gasteiger partial charge in [0.05, 0.1) is 6.54 Å². The third-order valence-electron chi connectivity index (χ3n) is 6.86. The molecule has 1 aromatic carbocycles. The van der Waals surface area contributed by atoms with Crippen LogP contribution in [0.2, 0.25) is 0 Å². The molecular weight excluding hydrogens is 469 g/mol. The van der Waals surface area contributed by atoms with Crippen LogP contribution in [0.4, 0.5) is 27.6 Å². The second-order valence-electron chi connectivity index (χ2n) is 9.64. The van der Waals surface area contributed by atoms with Gasteiger partial charge < -0.3 is 10.6 Å². The van der Waals surface area contributed by atoms with Crippen LogP contribution < -0.4 is 10.6 Å². The predicted molar refractivity (Wildman–Crippen MR) is 125 cm³/mol. The molecule has 1 aliphatic heterocycles. The van der Waals surface area contributed by atoms with E-state index in [1.54, 1.807) is 6.07 Å². The molecule has 3 fully saturated rings. The largest absolute Gasteiger partial charge is 0.411 e. The third kappa shape index (κ3) is 7.88. The first-order chi connectivity index (χ1) is 16.5. The molecule has 10 heteroatoms. The number of nitrogens with one attached hydrogen (secondary N) is 2. The van der Waals surface area contributed by atoms with Crippen molar-refractivity contribution in [3.8, 4) is 0 Å². The number of likely N-dealkylation sites (tertiary alicyclic amines) is 1. The van der Waals surface area contributed by atoms with Crippen LogP contribution in [-0.4, -0.2) is 48.6 Å². The van der Waals surface area contributed by atoms with Crippen LogP contribution in [0.1, 0.15) is 71.3 Å². The molecule has 3 aliphatic rings. The van der Waals surface area contributed by atoms with Crippen LogP contribution in [-0.2, 0) is 9.59 Å². The van der Waals surface area contributed by atoms with Crippen LogP contribution in [0.5, 0.6) is 0 Å². The number of hydrogen-bond donors (Lipinski definition) is 2. The number of benzene rings is 1. The van der Waals surface area contributed by atoms with E-state index < -0.39 is 24.0 Å². The lowest BCUT2D eigenvalue weighted by Gasteiger charge is -2.53. The first-order valence-electron chi connectivity index (χ1n) is 12.2. The molecule has 1 saturated heterocycles. The molecule has 35 heavy (non-hydrogen) atoms. The first kappa shape index (κ1) is 29.0. The average molecular weight is 506 g/mol. The second-order valence-corrected chi connectivity index (χ2v) is 9.64. The number of alkyl halides is 5. The van der Waals surface area contributed by atoms with E-state index in [1.807, 2.05) is 18.7 Å². The minimum Gasteiger partial charge on any atom is -0.341 e. The van der Waals surface area contributed by atoms with Gasteiger partial charge in [0.1, 0.15) is 5.54 Å². The Hall–Kier alpha value is -2.23. The van der Waals surface area contributed by atoms with Gasteiger partial charge in [-0.1, -0.05) is 45.7 Å². The Kier molecular flexibility index (Phi) is 10.1. The Morgan fingerprint density at radius 2 is 1.74 bits per heavy atom. The van der Waals surface area contributed by atoms with E-state index in [2.05, 4.69) is 17.6 Å². The fourth-order valence-corrected chi connectivity index (χ4v) is 4.65. The normalized spacial score (nSPS) is 20.5. The summed E-state index contributed by atoms with van der Waals surface area (Å²) >= 11 is 0. The summed E-state index contributed by atoms with van der Waals surface area (Å²) in [4.78, 5) is 23.8. The molecule has 2 N–H and O–H groups in total. The maximum atomic E-state index is 12.8. The van der Waals surface area contributed by atoms with Crippen molar-refractivity contribution in [3.63, 3.8) is 0 Å². The molecule has 5 nitrogen and oxygen atoms in total. The van der Waals surface area contributed by atoms with Crippen molar-refractivity contribution >= 4 is 18.0 Å². The molecule has 0 atom stereocenters. The van der Waals surface area contributed by atoms with Crippen LogP contribution >= 0.6 is 0 Å². The monoisotopic (exact) mass is 505 g/mol. The molecule has 0 bridgehead atoms. The molecule has 2 amide bonds. The van der Waals surface area contributed by atoms with Gasteiger partial charge in [-0.25, -0.2) is 8.78 Å². The van der Waals surface area contributed by atoms with Gasteiger partial charge in [0, 0.05) is 24.3 Å². The number of hydrogen-bond acceptors (Lipinski definition) is 3. The number of nitrogens with zero attached hydrogens (tertiary/aromatic N) is 1. The van der Waals surface area contributed by atoms with Crippen LogP contribution in [0, 0.1) is 11.3 Å². The number of halogens is 5. The van der Waals surface area contributed by atoms with Gasteiger partial charge in [0.25, 0.3) is 6.43 Å². The molecule has 2 aliphatic carbocycles. The smallest absolute Gasteiger partial charge is 0.341 e. The third-order valence-corrected chi connectivity index (χ3v) is 6.86. The number of carbonyl (C=O) groups excluding carboxylic acids is 2. The molecule has 1 heterocycles. The van der Waals surface area contributed by atoms with E-state index in [4.69, 9.17) is 0 Å². The van der Waals surface area contributed by atoms with Crippen LogP contribution in [0.15, 0.2) is 24.3 Å². The van der Waals surface area contributed by atoms with E-state index in [9.17, 15) is 31.5 Å². The molecule has 0 radical (unpaired) electrons. The van der Waals surface area contributed by atoms with Crippen molar-refractivity contribution in [3.05, 3.63) is 29.8 Å². The van der Waals surface area contributed by atoms with E-state index >= 15 is 0 Å². The fraction of sp³-hybridized carbons (Fsp3) is 0.680.